The van der Waals surface area contributed by atoms with Gasteiger partial charge in [0.05, 0.1) is 0 Å². The van der Waals surface area contributed by atoms with Gasteiger partial charge in [-0.05, 0) is 0 Å². The number of aromatic nitrogens is 2. The molecule has 0 aromatic carbocycles. The Morgan fingerprint density at radius 3 is 1.96 bits per heavy atom. The number of aryl methyl sites for hydroxylation is 2. The van der Waals surface area contributed by atoms with Crippen molar-refractivity contribution in [3.05, 3.63) is 11.8 Å². The first-order valence-corrected chi connectivity index (χ1v) is 17.8. The van der Waals surface area contributed by atoms with Gasteiger partial charge in [-0.1, -0.05) is 0 Å². The molecule has 2 heterocycles. The van der Waals surface area contributed by atoms with Crippen LogP contribution in [-0.4, -0.2) is 28.2 Å². The molecule has 0 radical (unpaired) electrons. The van der Waals surface area contributed by atoms with Gasteiger partial charge in [0.25, 0.3) is 0 Å². The quantitative estimate of drug-likeness (QED) is 0.414. The maximum absolute atomic E-state index is 4.61. The van der Waals surface area contributed by atoms with E-state index in [1.165, 1.54) is 54.4 Å². The van der Waals surface area contributed by atoms with Gasteiger partial charge in [-0.3, -0.25) is 0 Å². The molecule has 0 bridgehead atoms. The molecule has 0 atom stereocenters. The van der Waals surface area contributed by atoms with Crippen molar-refractivity contribution in [3.8, 4) is 0 Å². The minimum absolute atomic E-state index is 1.21. The molecule has 0 aliphatic carbocycles. The molecule has 0 aliphatic rings. The van der Waals surface area contributed by atoms with Crippen LogP contribution in [0.15, 0.2) is 6.07 Å². The van der Waals surface area contributed by atoms with Crippen LogP contribution in [0.25, 0.3) is 10.2 Å². The third-order valence-corrected chi connectivity index (χ3v) is 24.7. The Labute approximate surface area is 150 Å². The average Bonchev–Trinajstić information content (AvgIpc) is 3.10. The number of hydrogen-bond acceptors (Lipinski definition) is 2. The van der Waals surface area contributed by atoms with Crippen LogP contribution in [0.2, 0.25) is 13.3 Å². The number of nitrogens with zero attached hydrogens (tertiary/aromatic N) is 2. The molecule has 0 N–H and O–H groups in total. The fourth-order valence-electron chi connectivity index (χ4n) is 3.76. The van der Waals surface area contributed by atoms with Crippen LogP contribution in [0.4, 0.5) is 0 Å². The third kappa shape index (κ3) is 4.33. The Morgan fingerprint density at radius 1 is 1.00 bits per heavy atom. The molecular weight excluding hydrogens is 407 g/mol. The Balaban J connectivity index is 2.43. The summed E-state index contributed by atoms with van der Waals surface area (Å²) in [6.45, 7) is 9.24. The molecule has 0 spiro atoms. The summed E-state index contributed by atoms with van der Waals surface area (Å²) in [6, 6.07) is 2.57. The van der Waals surface area contributed by atoms with Gasteiger partial charge < -0.3 is 0 Å². The SMILES string of the molecule is CCC[CH2][Sn]([CH2]CCC)([CH2]CCC)[c]1cc2c(C)nn(C)c2s1. The zero-order chi connectivity index (χ0) is 16.9. The van der Waals surface area contributed by atoms with Crippen molar-refractivity contribution < 1.29 is 0 Å². The van der Waals surface area contributed by atoms with E-state index in [4.69, 9.17) is 0 Å². The second-order valence-electron chi connectivity index (χ2n) is 7.13. The molecule has 0 amide bonds. The first kappa shape index (κ1) is 19.3. The summed E-state index contributed by atoms with van der Waals surface area (Å²) in [6.07, 6.45) is 8.37. The normalized spacial score (nSPS) is 12.4. The van der Waals surface area contributed by atoms with E-state index in [2.05, 4.69) is 61.9 Å². The fourth-order valence-corrected chi connectivity index (χ4v) is 23.9. The predicted octanol–water partition coefficient (Wildman–Crippen LogP) is 6.00. The second kappa shape index (κ2) is 8.89. The number of rotatable bonds is 10. The van der Waals surface area contributed by atoms with E-state index in [1.807, 2.05) is 2.89 Å². The van der Waals surface area contributed by atoms with E-state index in [0.717, 1.165) is 0 Å². The third-order valence-electron chi connectivity index (χ3n) is 5.25. The minimum atomic E-state index is -2.25. The molecule has 2 nitrogen and oxygen atoms in total. The van der Waals surface area contributed by atoms with E-state index in [9.17, 15) is 0 Å². The van der Waals surface area contributed by atoms with Crippen molar-refractivity contribution >= 4 is 42.8 Å². The summed E-state index contributed by atoms with van der Waals surface area (Å²) in [4.78, 5) is 1.41. The van der Waals surface area contributed by atoms with Gasteiger partial charge in [-0.25, -0.2) is 0 Å². The predicted molar refractivity (Wildman–Crippen MR) is 108 cm³/mol. The summed E-state index contributed by atoms with van der Waals surface area (Å²) in [7, 11) is 2.11. The summed E-state index contributed by atoms with van der Waals surface area (Å²) in [5.74, 6) is 0. The summed E-state index contributed by atoms with van der Waals surface area (Å²) in [5.41, 5.74) is 1.21. The summed E-state index contributed by atoms with van der Waals surface area (Å²) in [5, 5.41) is 6.04. The van der Waals surface area contributed by atoms with Gasteiger partial charge in [-0.2, -0.15) is 0 Å². The Bertz CT molecular complexity index is 558. The van der Waals surface area contributed by atoms with Crippen LogP contribution in [0, 0.1) is 6.92 Å². The van der Waals surface area contributed by atoms with E-state index < -0.39 is 18.4 Å². The maximum atomic E-state index is 4.61. The van der Waals surface area contributed by atoms with Crippen LogP contribution in [0.5, 0.6) is 0 Å². The van der Waals surface area contributed by atoms with Crippen molar-refractivity contribution in [2.45, 2.75) is 79.5 Å². The van der Waals surface area contributed by atoms with Crippen molar-refractivity contribution in [1.82, 2.24) is 9.78 Å². The summed E-state index contributed by atoms with van der Waals surface area (Å²) < 4.78 is 8.62. The molecule has 130 valence electrons. The molecule has 0 aliphatic heterocycles. The van der Waals surface area contributed by atoms with Gasteiger partial charge in [-0.15, -0.1) is 0 Å². The van der Waals surface area contributed by atoms with Crippen molar-refractivity contribution in [1.29, 1.82) is 0 Å². The van der Waals surface area contributed by atoms with Crippen LogP contribution in [-0.2, 0) is 7.05 Å². The number of fused-ring (bicyclic) bond motifs is 1. The topological polar surface area (TPSA) is 17.8 Å². The first-order chi connectivity index (χ1) is 11.1. The zero-order valence-electron chi connectivity index (χ0n) is 15.7. The van der Waals surface area contributed by atoms with Gasteiger partial charge in [0.2, 0.25) is 0 Å². The number of thiophene rings is 1. The molecule has 0 unspecified atom stereocenters. The molecule has 23 heavy (non-hydrogen) atoms. The van der Waals surface area contributed by atoms with E-state index in [1.54, 1.807) is 13.3 Å². The monoisotopic (exact) mass is 442 g/mol. The molecule has 4 heteroatoms. The molecule has 2 rings (SSSR count). The molecular formula is C19H34N2SSn. The first-order valence-electron chi connectivity index (χ1n) is 9.51. The molecule has 0 saturated carbocycles. The van der Waals surface area contributed by atoms with E-state index >= 15 is 0 Å². The van der Waals surface area contributed by atoms with Gasteiger partial charge >= 0.3 is 151 Å². The van der Waals surface area contributed by atoms with Crippen LogP contribution >= 0.6 is 11.3 Å². The molecule has 0 fully saturated rings. The average molecular weight is 441 g/mol. The van der Waals surface area contributed by atoms with Gasteiger partial charge in [0.1, 0.15) is 0 Å². The van der Waals surface area contributed by atoms with Crippen LogP contribution in [0.3, 0.4) is 0 Å². The van der Waals surface area contributed by atoms with Gasteiger partial charge in [0.15, 0.2) is 0 Å². The van der Waals surface area contributed by atoms with Crippen molar-refractivity contribution in [3.63, 3.8) is 0 Å². The van der Waals surface area contributed by atoms with Crippen LogP contribution in [0.1, 0.15) is 65.0 Å². The molecule has 2 aromatic rings. The van der Waals surface area contributed by atoms with E-state index in [0.29, 0.717) is 0 Å². The zero-order valence-corrected chi connectivity index (χ0v) is 19.4. The van der Waals surface area contributed by atoms with Crippen molar-refractivity contribution in [2.24, 2.45) is 7.05 Å². The number of hydrogen-bond donors (Lipinski definition) is 0. The van der Waals surface area contributed by atoms with Crippen molar-refractivity contribution in [2.75, 3.05) is 0 Å². The number of unbranched alkanes of at least 4 members (excludes halogenated alkanes) is 3. The van der Waals surface area contributed by atoms with Crippen LogP contribution < -0.4 is 2.89 Å². The standard InChI is InChI=1S/C7H7N2S.3C4H9.Sn/c1-5-6-3-4-10-7(6)9(2)8-5;3*1-3-4-2;/h3H,1-2H3;3*1,3-4H2,2H3;. The molecule has 0 saturated heterocycles. The molecule has 2 aromatic heterocycles. The Morgan fingerprint density at radius 2 is 1.52 bits per heavy atom. The second-order valence-corrected chi connectivity index (χ2v) is 22.3. The fraction of sp³-hybridized carbons (Fsp3) is 0.737. The Kier molecular flexibility index (Phi) is 7.46. The van der Waals surface area contributed by atoms with Gasteiger partial charge in [0, 0.05) is 0 Å². The summed E-state index contributed by atoms with van der Waals surface area (Å²) >= 11 is -0.149. The Hall–Kier alpha value is -0.0313. The van der Waals surface area contributed by atoms with E-state index in [-0.39, 0.29) is 0 Å².